The van der Waals surface area contributed by atoms with Crippen molar-refractivity contribution in [3.63, 3.8) is 0 Å². The standard InChI is InChI=1S/C22H21FN6O2/c1-28-18-7-4-12-24-15(18)8-9-16(22(28)31)25-21(30)20-26-19-11-10-17(29(19)27-20)13-5-2-3-6-14(13)23/h2-7,12,16-17H,8-11H2,1H3,(H,25,30)/t16-,17?/m0/s1. The van der Waals surface area contributed by atoms with Crippen LogP contribution in [0.4, 0.5) is 10.1 Å². The fourth-order valence-corrected chi connectivity index (χ4v) is 4.33. The average molecular weight is 420 g/mol. The number of aromatic nitrogens is 4. The number of benzene rings is 1. The molecule has 4 heterocycles. The third-order valence-electron chi connectivity index (χ3n) is 5.94. The summed E-state index contributed by atoms with van der Waals surface area (Å²) < 4.78 is 15.9. The minimum atomic E-state index is -0.701. The van der Waals surface area contributed by atoms with E-state index in [0.29, 0.717) is 37.1 Å². The van der Waals surface area contributed by atoms with Crippen LogP contribution in [0.5, 0.6) is 0 Å². The minimum Gasteiger partial charge on any atom is -0.337 e. The minimum absolute atomic E-state index is 0.00798. The predicted octanol–water partition coefficient (Wildman–Crippen LogP) is 2.06. The lowest BCUT2D eigenvalue weighted by atomic mass is 10.0. The van der Waals surface area contributed by atoms with Gasteiger partial charge >= 0.3 is 0 Å². The molecule has 2 amide bonds. The molecule has 1 unspecified atom stereocenters. The summed E-state index contributed by atoms with van der Waals surface area (Å²) in [7, 11) is 1.68. The Morgan fingerprint density at radius 3 is 2.84 bits per heavy atom. The molecule has 0 radical (unpaired) electrons. The maximum absolute atomic E-state index is 14.3. The zero-order chi connectivity index (χ0) is 21.5. The van der Waals surface area contributed by atoms with Crippen LogP contribution in [0.15, 0.2) is 42.6 Å². The fourth-order valence-electron chi connectivity index (χ4n) is 4.33. The van der Waals surface area contributed by atoms with E-state index < -0.39 is 11.9 Å². The Hall–Kier alpha value is -3.62. The highest BCUT2D eigenvalue weighted by atomic mass is 19.1. The molecule has 2 aromatic heterocycles. The Balaban J connectivity index is 1.35. The SMILES string of the molecule is CN1C(=O)[C@@H](NC(=O)c2nc3n(n2)C(c2ccccc2F)CC3)CCc2ncccc21. The molecule has 1 aromatic carbocycles. The number of anilines is 1. The molecule has 9 heteroatoms. The van der Waals surface area contributed by atoms with E-state index >= 15 is 0 Å². The Morgan fingerprint density at radius 1 is 1.16 bits per heavy atom. The number of hydrogen-bond acceptors (Lipinski definition) is 5. The van der Waals surface area contributed by atoms with Crippen molar-refractivity contribution in [2.45, 2.75) is 37.8 Å². The van der Waals surface area contributed by atoms with Gasteiger partial charge in [-0.05, 0) is 37.5 Å². The fraction of sp³-hybridized carbons (Fsp3) is 0.318. The van der Waals surface area contributed by atoms with E-state index in [4.69, 9.17) is 0 Å². The Labute approximate surface area is 178 Å². The number of fused-ring (bicyclic) bond motifs is 2. The average Bonchev–Trinajstić information content (AvgIpc) is 3.34. The van der Waals surface area contributed by atoms with Crippen molar-refractivity contribution in [2.24, 2.45) is 0 Å². The van der Waals surface area contributed by atoms with Crippen molar-refractivity contribution in [1.82, 2.24) is 25.1 Å². The van der Waals surface area contributed by atoms with Crippen LogP contribution in [0.2, 0.25) is 0 Å². The smallest absolute Gasteiger partial charge is 0.291 e. The van der Waals surface area contributed by atoms with E-state index in [1.54, 1.807) is 42.2 Å². The summed E-state index contributed by atoms with van der Waals surface area (Å²) in [6.45, 7) is 0. The molecule has 0 bridgehead atoms. The molecule has 0 aliphatic carbocycles. The molecule has 158 valence electrons. The van der Waals surface area contributed by atoms with Gasteiger partial charge in [-0.15, -0.1) is 5.10 Å². The largest absolute Gasteiger partial charge is 0.337 e. The molecule has 31 heavy (non-hydrogen) atoms. The number of nitrogens with one attached hydrogen (secondary N) is 1. The molecule has 2 aliphatic heterocycles. The molecule has 0 saturated carbocycles. The van der Waals surface area contributed by atoms with Crippen molar-refractivity contribution in [2.75, 3.05) is 11.9 Å². The summed E-state index contributed by atoms with van der Waals surface area (Å²) in [5.74, 6) is -0.399. The Bertz CT molecular complexity index is 1180. The highest BCUT2D eigenvalue weighted by molar-refractivity contribution is 6.01. The molecule has 0 saturated heterocycles. The number of carbonyl (C=O) groups is 2. The van der Waals surface area contributed by atoms with E-state index in [1.165, 1.54) is 11.0 Å². The topological polar surface area (TPSA) is 93.0 Å². The maximum Gasteiger partial charge on any atom is 0.291 e. The molecule has 0 fully saturated rings. The molecule has 5 rings (SSSR count). The normalized spacial score (nSPS) is 20.2. The van der Waals surface area contributed by atoms with Crippen LogP contribution in [0.3, 0.4) is 0 Å². The highest BCUT2D eigenvalue weighted by Gasteiger charge is 2.33. The molecule has 2 aliphatic rings. The third kappa shape index (κ3) is 3.35. The first kappa shape index (κ1) is 19.3. The second kappa shape index (κ2) is 7.57. The predicted molar refractivity (Wildman–Crippen MR) is 110 cm³/mol. The third-order valence-corrected chi connectivity index (χ3v) is 5.94. The number of aryl methyl sites for hydroxylation is 2. The molecule has 1 N–H and O–H groups in total. The van der Waals surface area contributed by atoms with Gasteiger partial charge in [-0.25, -0.2) is 14.1 Å². The zero-order valence-electron chi connectivity index (χ0n) is 17.0. The number of nitrogens with zero attached hydrogens (tertiary/aromatic N) is 5. The van der Waals surface area contributed by atoms with Gasteiger partial charge in [-0.3, -0.25) is 14.6 Å². The quantitative estimate of drug-likeness (QED) is 0.700. The number of hydrogen-bond donors (Lipinski definition) is 1. The lowest BCUT2D eigenvalue weighted by Gasteiger charge is -2.21. The number of halogens is 1. The first-order valence-corrected chi connectivity index (χ1v) is 10.2. The van der Waals surface area contributed by atoms with Crippen LogP contribution in [-0.4, -0.2) is 44.7 Å². The zero-order valence-corrected chi connectivity index (χ0v) is 17.0. The van der Waals surface area contributed by atoms with Gasteiger partial charge in [0.25, 0.3) is 5.91 Å². The van der Waals surface area contributed by atoms with Gasteiger partial charge in [0.05, 0.1) is 17.4 Å². The van der Waals surface area contributed by atoms with Crippen LogP contribution < -0.4 is 10.2 Å². The van der Waals surface area contributed by atoms with Gasteiger partial charge < -0.3 is 10.2 Å². The monoisotopic (exact) mass is 420 g/mol. The van der Waals surface area contributed by atoms with Crippen LogP contribution in [0, 0.1) is 5.82 Å². The number of carbonyl (C=O) groups excluding carboxylic acids is 2. The molecular formula is C22H21FN6O2. The Kier molecular flexibility index (Phi) is 4.72. The van der Waals surface area contributed by atoms with Gasteiger partial charge in [-0.2, -0.15) is 0 Å². The van der Waals surface area contributed by atoms with E-state index in [-0.39, 0.29) is 23.6 Å². The lowest BCUT2D eigenvalue weighted by Crippen LogP contribution is -2.47. The highest BCUT2D eigenvalue weighted by Crippen LogP contribution is 2.31. The number of rotatable bonds is 3. The van der Waals surface area contributed by atoms with Gasteiger partial charge in [0.15, 0.2) is 0 Å². The summed E-state index contributed by atoms with van der Waals surface area (Å²) in [5, 5.41) is 7.13. The van der Waals surface area contributed by atoms with Crippen molar-refractivity contribution >= 4 is 17.5 Å². The molecule has 0 spiro atoms. The van der Waals surface area contributed by atoms with Gasteiger partial charge in [-0.1, -0.05) is 18.2 Å². The lowest BCUT2D eigenvalue weighted by molar-refractivity contribution is -0.120. The molecular weight excluding hydrogens is 399 g/mol. The van der Waals surface area contributed by atoms with Crippen molar-refractivity contribution in [1.29, 1.82) is 0 Å². The second-order valence-electron chi connectivity index (χ2n) is 7.80. The van der Waals surface area contributed by atoms with E-state index in [0.717, 1.165) is 11.4 Å². The van der Waals surface area contributed by atoms with Crippen LogP contribution in [0.25, 0.3) is 0 Å². The van der Waals surface area contributed by atoms with Gasteiger partial charge in [0.1, 0.15) is 17.7 Å². The van der Waals surface area contributed by atoms with Gasteiger partial charge in [0.2, 0.25) is 11.7 Å². The van der Waals surface area contributed by atoms with Gasteiger partial charge in [0, 0.05) is 25.2 Å². The van der Waals surface area contributed by atoms with Crippen LogP contribution >= 0.6 is 0 Å². The van der Waals surface area contributed by atoms with Crippen molar-refractivity contribution < 1.29 is 14.0 Å². The molecule has 3 aromatic rings. The summed E-state index contributed by atoms with van der Waals surface area (Å²) in [6.07, 6.45) is 3.98. The first-order valence-electron chi connectivity index (χ1n) is 10.2. The number of amides is 2. The first-order chi connectivity index (χ1) is 15.0. The van der Waals surface area contributed by atoms with Crippen molar-refractivity contribution in [3.8, 4) is 0 Å². The Morgan fingerprint density at radius 2 is 2.00 bits per heavy atom. The van der Waals surface area contributed by atoms with Crippen LogP contribution in [-0.2, 0) is 17.6 Å². The summed E-state index contributed by atoms with van der Waals surface area (Å²) in [6, 6.07) is 9.19. The van der Waals surface area contributed by atoms with E-state index in [1.807, 2.05) is 6.07 Å². The summed E-state index contributed by atoms with van der Waals surface area (Å²) >= 11 is 0. The molecule has 2 atom stereocenters. The summed E-state index contributed by atoms with van der Waals surface area (Å²) in [4.78, 5) is 36.0. The van der Waals surface area contributed by atoms with E-state index in [9.17, 15) is 14.0 Å². The summed E-state index contributed by atoms with van der Waals surface area (Å²) in [5.41, 5.74) is 2.10. The van der Waals surface area contributed by atoms with Crippen molar-refractivity contribution in [3.05, 3.63) is 71.3 Å². The van der Waals surface area contributed by atoms with Crippen LogP contribution in [0.1, 0.15) is 46.6 Å². The second-order valence-corrected chi connectivity index (χ2v) is 7.80. The number of likely N-dealkylation sites (N-methyl/N-ethyl adjacent to an activating group) is 1. The van der Waals surface area contributed by atoms with E-state index in [2.05, 4.69) is 20.4 Å². The maximum atomic E-state index is 14.3. The molecule has 8 nitrogen and oxygen atoms in total. The number of pyridine rings is 1.